The van der Waals surface area contributed by atoms with Crippen LogP contribution in [0.1, 0.15) is 96.0 Å². The van der Waals surface area contributed by atoms with Crippen LogP contribution in [0.15, 0.2) is 24.8 Å². The molecular formula is C33H36N4O4. The highest BCUT2D eigenvalue weighted by Gasteiger charge is 2.33. The molecule has 0 spiro atoms. The van der Waals surface area contributed by atoms with Crippen molar-refractivity contribution in [1.82, 2.24) is 19.9 Å². The third-order valence-corrected chi connectivity index (χ3v) is 8.76. The molecule has 0 aliphatic carbocycles. The lowest BCUT2D eigenvalue weighted by Crippen LogP contribution is -2.08. The van der Waals surface area contributed by atoms with Gasteiger partial charge in [0.25, 0.3) is 0 Å². The number of aromatic amines is 2. The Kier molecular flexibility index (Phi) is 7.19. The molecule has 5 rings (SSSR count). The molecule has 3 aromatic heterocycles. The zero-order valence-electron chi connectivity index (χ0n) is 24.4. The number of nitrogens with one attached hydrogen (secondary N) is 2. The van der Waals surface area contributed by atoms with Gasteiger partial charge in [0.1, 0.15) is 0 Å². The first kappa shape index (κ1) is 28.1. The fourth-order valence-corrected chi connectivity index (χ4v) is 6.32. The van der Waals surface area contributed by atoms with Gasteiger partial charge in [0.05, 0.1) is 17.0 Å². The number of nitrogens with zero attached hydrogens (tertiary/aromatic N) is 2. The molecule has 0 saturated heterocycles. The van der Waals surface area contributed by atoms with Gasteiger partial charge in [-0.3, -0.25) is 9.78 Å². The molecule has 2 aliphatic heterocycles. The number of rotatable bonds is 6. The lowest BCUT2D eigenvalue weighted by Gasteiger charge is -2.16. The van der Waals surface area contributed by atoms with Crippen LogP contribution in [0.5, 0.6) is 0 Å². The summed E-state index contributed by atoms with van der Waals surface area (Å²) < 4.78 is 0. The van der Waals surface area contributed by atoms with Crippen LogP contribution >= 0.6 is 0 Å². The number of hydrogen-bond acceptors (Lipinski definition) is 4. The number of fused-ring (bicyclic) bond motifs is 8. The minimum Gasteiger partial charge on any atom is -0.481 e. The van der Waals surface area contributed by atoms with Crippen LogP contribution in [-0.2, 0) is 16.0 Å². The number of carboxylic acids is 2. The van der Waals surface area contributed by atoms with E-state index in [4.69, 9.17) is 9.97 Å². The molecule has 0 radical (unpaired) electrons. The maximum absolute atomic E-state index is 12.5. The molecule has 0 amide bonds. The summed E-state index contributed by atoms with van der Waals surface area (Å²) in [5.41, 5.74) is 11.8. The monoisotopic (exact) mass is 552 g/mol. The fourth-order valence-electron chi connectivity index (χ4n) is 6.32. The van der Waals surface area contributed by atoms with Gasteiger partial charge in [-0.05, 0) is 86.6 Å². The third kappa shape index (κ3) is 4.67. The van der Waals surface area contributed by atoms with E-state index in [1.54, 1.807) is 6.92 Å². The van der Waals surface area contributed by atoms with Gasteiger partial charge in [0, 0.05) is 57.3 Å². The number of allylic oxidation sites excluding steroid dienone is 1. The van der Waals surface area contributed by atoms with Gasteiger partial charge >= 0.3 is 11.9 Å². The maximum Gasteiger partial charge on any atom is 0.338 e. The molecule has 2 aliphatic rings. The highest BCUT2D eigenvalue weighted by molar-refractivity contribution is 6.24. The Morgan fingerprint density at radius 3 is 2.27 bits per heavy atom. The Balaban J connectivity index is 1.98. The Morgan fingerprint density at radius 2 is 1.63 bits per heavy atom. The van der Waals surface area contributed by atoms with Crippen LogP contribution < -0.4 is 0 Å². The average molecular weight is 553 g/mol. The number of aromatic nitrogens is 4. The third-order valence-electron chi connectivity index (χ3n) is 8.76. The molecule has 212 valence electrons. The van der Waals surface area contributed by atoms with E-state index in [1.807, 2.05) is 39.0 Å². The smallest absolute Gasteiger partial charge is 0.338 e. The largest absolute Gasteiger partial charge is 0.481 e. The van der Waals surface area contributed by atoms with Crippen LogP contribution in [0.25, 0.3) is 39.3 Å². The summed E-state index contributed by atoms with van der Waals surface area (Å²) in [4.78, 5) is 41.1. The zero-order valence-corrected chi connectivity index (χ0v) is 24.4. The first-order valence-corrected chi connectivity index (χ1v) is 14.0. The fraction of sp³-hybridized carbons (Fsp3) is 0.333. The summed E-state index contributed by atoms with van der Waals surface area (Å²) in [5.74, 6) is -2.20. The van der Waals surface area contributed by atoms with Crippen molar-refractivity contribution >= 4 is 51.2 Å². The first-order valence-electron chi connectivity index (χ1n) is 14.0. The minimum absolute atomic E-state index is 0.0117. The quantitative estimate of drug-likeness (QED) is 0.255. The molecular weight excluding hydrogens is 516 g/mol. The number of H-pyrrole nitrogens is 2. The predicted octanol–water partition coefficient (Wildman–Crippen LogP) is 7.21. The highest BCUT2D eigenvalue weighted by atomic mass is 16.4. The van der Waals surface area contributed by atoms with Crippen LogP contribution in [0.2, 0.25) is 0 Å². The molecule has 2 atom stereocenters. The molecule has 4 N–H and O–H groups in total. The number of aliphatic carboxylic acids is 2. The summed E-state index contributed by atoms with van der Waals surface area (Å²) in [7, 11) is 0. The summed E-state index contributed by atoms with van der Waals surface area (Å²) in [5, 5.41) is 19.7. The van der Waals surface area contributed by atoms with Gasteiger partial charge in [0.15, 0.2) is 0 Å². The Labute approximate surface area is 238 Å². The lowest BCUT2D eigenvalue weighted by molar-refractivity contribution is -0.137. The van der Waals surface area contributed by atoms with E-state index in [-0.39, 0.29) is 23.8 Å². The molecule has 8 bridgehead atoms. The second-order valence-electron chi connectivity index (χ2n) is 11.1. The molecule has 0 saturated carbocycles. The molecule has 0 fully saturated rings. The van der Waals surface area contributed by atoms with Crippen molar-refractivity contribution in [2.24, 2.45) is 0 Å². The second-order valence-corrected chi connectivity index (χ2v) is 11.1. The van der Waals surface area contributed by atoms with Crippen LogP contribution in [0.3, 0.4) is 0 Å². The second kappa shape index (κ2) is 10.5. The van der Waals surface area contributed by atoms with Gasteiger partial charge in [-0.2, -0.15) is 0 Å². The molecule has 5 heterocycles. The SMILES string of the molecule is C=Cc1c(C)c2cc3nc(c(C)c4nc(cc5[nH]c(cc1[nH]2)c(C)c5CC)C(C)=C4C(=O)O)C(CCC(=O)O)C3C. The van der Waals surface area contributed by atoms with E-state index in [9.17, 15) is 19.8 Å². The van der Waals surface area contributed by atoms with Gasteiger partial charge in [-0.15, -0.1) is 0 Å². The summed E-state index contributed by atoms with van der Waals surface area (Å²) in [6.07, 6.45) is 3.02. The predicted molar refractivity (Wildman–Crippen MR) is 163 cm³/mol. The van der Waals surface area contributed by atoms with Gasteiger partial charge in [-0.1, -0.05) is 26.5 Å². The van der Waals surface area contributed by atoms with E-state index in [0.717, 1.165) is 56.4 Å². The van der Waals surface area contributed by atoms with Gasteiger partial charge in [-0.25, -0.2) is 9.78 Å². The highest BCUT2D eigenvalue weighted by Crippen LogP contribution is 2.43. The number of hydrogen-bond donors (Lipinski definition) is 4. The van der Waals surface area contributed by atoms with E-state index >= 15 is 0 Å². The Hall–Kier alpha value is -4.46. The van der Waals surface area contributed by atoms with Crippen LogP contribution in [0.4, 0.5) is 0 Å². The molecule has 41 heavy (non-hydrogen) atoms. The van der Waals surface area contributed by atoms with E-state index in [1.165, 1.54) is 0 Å². The van der Waals surface area contributed by atoms with Crippen molar-refractivity contribution in [3.8, 4) is 0 Å². The van der Waals surface area contributed by atoms with E-state index in [0.29, 0.717) is 34.6 Å². The number of carboxylic acid groups (broad SMARTS) is 2. The topological polar surface area (TPSA) is 132 Å². The molecule has 2 unspecified atom stereocenters. The lowest BCUT2D eigenvalue weighted by atomic mass is 9.85. The van der Waals surface area contributed by atoms with Crippen LogP contribution in [-0.4, -0.2) is 42.1 Å². The van der Waals surface area contributed by atoms with Crippen LogP contribution in [0, 0.1) is 20.8 Å². The molecule has 8 nitrogen and oxygen atoms in total. The van der Waals surface area contributed by atoms with Crippen molar-refractivity contribution < 1.29 is 19.8 Å². The van der Waals surface area contributed by atoms with Gasteiger partial charge < -0.3 is 20.2 Å². The molecule has 8 heteroatoms. The molecule has 0 aromatic carbocycles. The van der Waals surface area contributed by atoms with E-state index in [2.05, 4.69) is 36.5 Å². The van der Waals surface area contributed by atoms with Crippen molar-refractivity contribution in [1.29, 1.82) is 0 Å². The summed E-state index contributed by atoms with van der Waals surface area (Å²) >= 11 is 0. The summed E-state index contributed by atoms with van der Waals surface area (Å²) in [6, 6.07) is 6.04. The van der Waals surface area contributed by atoms with Crippen molar-refractivity contribution in [3.05, 3.63) is 75.4 Å². The van der Waals surface area contributed by atoms with E-state index < -0.39 is 11.9 Å². The average Bonchev–Trinajstić information content (AvgIpc) is 3.60. The number of aryl methyl sites for hydroxylation is 3. The zero-order chi connectivity index (χ0) is 29.7. The molecule has 3 aromatic rings. The standard InChI is InChI=1S/C33H36N4O4/c1-8-20-15(3)23-12-25-17(5)22(10-11-29(38)39)31(36-25)19(7)32-30(33(40)41)18(6)26(37-32)14-28-21(9-2)16(4)24(35-28)13-27(20)34-23/h8,12-14,17,22,34-35H,1,9-11H2,2-7H3,(H,38,39)(H,40,41). The van der Waals surface area contributed by atoms with Crippen molar-refractivity contribution in [3.63, 3.8) is 0 Å². The van der Waals surface area contributed by atoms with Crippen molar-refractivity contribution in [2.45, 2.75) is 72.6 Å². The van der Waals surface area contributed by atoms with Crippen molar-refractivity contribution in [2.75, 3.05) is 0 Å². The maximum atomic E-state index is 12.5. The normalized spacial score (nSPS) is 16.7. The Bertz CT molecular complexity index is 1820. The first-order chi connectivity index (χ1) is 19.5. The Morgan fingerprint density at radius 1 is 0.951 bits per heavy atom. The summed E-state index contributed by atoms with van der Waals surface area (Å²) in [6.45, 7) is 16.0. The van der Waals surface area contributed by atoms with Gasteiger partial charge in [0.2, 0.25) is 0 Å². The number of carbonyl (C=O) groups is 2. The minimum atomic E-state index is -1.05.